The van der Waals surface area contributed by atoms with Crippen LogP contribution in [0.3, 0.4) is 0 Å². The molecule has 0 atom stereocenters. The van der Waals surface area contributed by atoms with Gasteiger partial charge in [0.1, 0.15) is 5.75 Å². The fourth-order valence-corrected chi connectivity index (χ4v) is 2.12. The maximum atomic E-state index is 12.3. The van der Waals surface area contributed by atoms with Crippen molar-refractivity contribution in [1.29, 1.82) is 0 Å². The standard InChI is InChI=1S/C15H22N2O4/c1-20-12-9-17(10-12)15(19)11-4-5-13(16)14(8-11)21-7-3-2-6-18/h4-5,8,12,18H,2-3,6-7,9-10,16H2,1H3. The van der Waals surface area contributed by atoms with E-state index >= 15 is 0 Å². The maximum Gasteiger partial charge on any atom is 0.254 e. The normalized spacial score (nSPS) is 14.9. The first-order chi connectivity index (χ1) is 10.2. The highest BCUT2D eigenvalue weighted by Crippen LogP contribution is 2.25. The van der Waals surface area contributed by atoms with Crippen molar-refractivity contribution >= 4 is 11.6 Å². The molecule has 2 rings (SSSR count). The van der Waals surface area contributed by atoms with Gasteiger partial charge < -0.3 is 25.2 Å². The van der Waals surface area contributed by atoms with Crippen LogP contribution in [0.25, 0.3) is 0 Å². The van der Waals surface area contributed by atoms with Gasteiger partial charge in [-0.2, -0.15) is 0 Å². The Morgan fingerprint density at radius 2 is 2.19 bits per heavy atom. The smallest absolute Gasteiger partial charge is 0.254 e. The number of ether oxygens (including phenoxy) is 2. The molecule has 21 heavy (non-hydrogen) atoms. The van der Waals surface area contributed by atoms with Crippen LogP contribution in [0.2, 0.25) is 0 Å². The Bertz CT molecular complexity index is 487. The lowest BCUT2D eigenvalue weighted by molar-refractivity contribution is -0.0192. The number of benzene rings is 1. The zero-order valence-corrected chi connectivity index (χ0v) is 12.2. The number of aliphatic hydroxyl groups excluding tert-OH is 1. The number of nitrogens with two attached hydrogens (primary N) is 1. The Kier molecular flexibility index (Phi) is 5.41. The van der Waals surface area contributed by atoms with Crippen molar-refractivity contribution in [3.05, 3.63) is 23.8 Å². The molecule has 116 valence electrons. The third-order valence-electron chi connectivity index (χ3n) is 3.54. The lowest BCUT2D eigenvalue weighted by Crippen LogP contribution is -2.54. The summed E-state index contributed by atoms with van der Waals surface area (Å²) in [5.74, 6) is 0.478. The molecule has 6 heteroatoms. The van der Waals surface area contributed by atoms with Crippen molar-refractivity contribution < 1.29 is 19.4 Å². The second-order valence-electron chi connectivity index (χ2n) is 5.10. The molecule has 1 aromatic carbocycles. The van der Waals surface area contributed by atoms with Crippen LogP contribution in [0.4, 0.5) is 5.69 Å². The molecule has 1 aliphatic rings. The van der Waals surface area contributed by atoms with Gasteiger partial charge in [0.25, 0.3) is 5.91 Å². The van der Waals surface area contributed by atoms with Gasteiger partial charge in [-0.05, 0) is 31.0 Å². The number of aliphatic hydroxyl groups is 1. The molecule has 3 N–H and O–H groups in total. The van der Waals surface area contributed by atoms with E-state index in [0.717, 1.165) is 6.42 Å². The van der Waals surface area contributed by atoms with Crippen LogP contribution in [0.5, 0.6) is 5.75 Å². The molecular weight excluding hydrogens is 272 g/mol. The number of rotatable bonds is 7. The van der Waals surface area contributed by atoms with Crippen LogP contribution in [0.1, 0.15) is 23.2 Å². The number of amides is 1. The molecule has 6 nitrogen and oxygen atoms in total. The lowest BCUT2D eigenvalue weighted by Gasteiger charge is -2.38. The number of carbonyl (C=O) groups excluding carboxylic acids is 1. The number of anilines is 1. The summed E-state index contributed by atoms with van der Waals surface area (Å²) < 4.78 is 10.7. The van der Waals surface area contributed by atoms with E-state index in [9.17, 15) is 4.79 Å². The summed E-state index contributed by atoms with van der Waals surface area (Å²) in [7, 11) is 1.65. The molecule has 0 saturated carbocycles. The summed E-state index contributed by atoms with van der Waals surface area (Å²) in [6.07, 6.45) is 1.57. The van der Waals surface area contributed by atoms with Crippen LogP contribution < -0.4 is 10.5 Å². The largest absolute Gasteiger partial charge is 0.491 e. The van der Waals surface area contributed by atoms with Gasteiger partial charge in [-0.15, -0.1) is 0 Å². The molecule has 1 saturated heterocycles. The summed E-state index contributed by atoms with van der Waals surface area (Å²) >= 11 is 0. The second-order valence-corrected chi connectivity index (χ2v) is 5.10. The highest BCUT2D eigenvalue weighted by atomic mass is 16.5. The van der Waals surface area contributed by atoms with Crippen LogP contribution in [-0.2, 0) is 4.74 Å². The zero-order valence-electron chi connectivity index (χ0n) is 12.2. The quantitative estimate of drug-likeness (QED) is 0.576. The predicted octanol–water partition coefficient (Wildman–Crippen LogP) is 0.891. The van der Waals surface area contributed by atoms with E-state index < -0.39 is 0 Å². The van der Waals surface area contributed by atoms with Crippen molar-refractivity contribution in [3.8, 4) is 5.75 Å². The number of hydrogen-bond donors (Lipinski definition) is 2. The minimum atomic E-state index is -0.0384. The Labute approximate surface area is 124 Å². The van der Waals surface area contributed by atoms with Gasteiger partial charge in [0, 0.05) is 32.4 Å². The van der Waals surface area contributed by atoms with Crippen molar-refractivity contribution in [2.24, 2.45) is 0 Å². The minimum absolute atomic E-state index is 0.0384. The number of carbonyl (C=O) groups is 1. The Balaban J connectivity index is 1.96. The molecule has 1 aromatic rings. The molecule has 0 aliphatic carbocycles. The highest BCUT2D eigenvalue weighted by Gasteiger charge is 2.31. The zero-order chi connectivity index (χ0) is 15.2. The molecule has 0 unspecified atom stereocenters. The third kappa shape index (κ3) is 3.86. The van der Waals surface area contributed by atoms with Gasteiger partial charge in [0.2, 0.25) is 0 Å². The van der Waals surface area contributed by atoms with Crippen molar-refractivity contribution in [2.45, 2.75) is 18.9 Å². The number of nitrogen functional groups attached to an aromatic ring is 1. The van der Waals surface area contributed by atoms with Crippen LogP contribution in [0.15, 0.2) is 18.2 Å². The van der Waals surface area contributed by atoms with E-state index in [1.807, 2.05) is 0 Å². The molecule has 1 aliphatic heterocycles. The first-order valence-electron chi connectivity index (χ1n) is 7.11. The number of hydrogen-bond acceptors (Lipinski definition) is 5. The van der Waals surface area contributed by atoms with Crippen molar-refractivity contribution in [1.82, 2.24) is 4.90 Å². The van der Waals surface area contributed by atoms with E-state index in [2.05, 4.69) is 0 Å². The molecule has 0 spiro atoms. The van der Waals surface area contributed by atoms with Gasteiger partial charge in [0.05, 0.1) is 18.4 Å². The van der Waals surface area contributed by atoms with Crippen LogP contribution in [0, 0.1) is 0 Å². The SMILES string of the molecule is COC1CN(C(=O)c2ccc(N)c(OCCCCO)c2)C1. The summed E-state index contributed by atoms with van der Waals surface area (Å²) in [6.45, 7) is 1.85. The van der Waals surface area contributed by atoms with E-state index in [0.29, 0.717) is 43.1 Å². The minimum Gasteiger partial charge on any atom is -0.491 e. The van der Waals surface area contributed by atoms with Crippen molar-refractivity contribution in [2.75, 3.05) is 39.1 Å². The monoisotopic (exact) mass is 294 g/mol. The van der Waals surface area contributed by atoms with Gasteiger partial charge in [-0.3, -0.25) is 4.79 Å². The number of likely N-dealkylation sites (tertiary alicyclic amines) is 1. The van der Waals surface area contributed by atoms with E-state index in [4.69, 9.17) is 20.3 Å². The molecule has 1 amide bonds. The molecule has 0 bridgehead atoms. The first-order valence-corrected chi connectivity index (χ1v) is 7.11. The topological polar surface area (TPSA) is 85.0 Å². The molecule has 0 aromatic heterocycles. The summed E-state index contributed by atoms with van der Waals surface area (Å²) in [6, 6.07) is 5.07. The Hall–Kier alpha value is -1.79. The predicted molar refractivity (Wildman–Crippen MR) is 79.4 cm³/mol. The number of unbranched alkanes of at least 4 members (excludes halogenated alkanes) is 1. The summed E-state index contributed by atoms with van der Waals surface area (Å²) in [5.41, 5.74) is 6.93. The van der Waals surface area contributed by atoms with Crippen molar-refractivity contribution in [3.63, 3.8) is 0 Å². The number of nitrogens with zero attached hydrogens (tertiary/aromatic N) is 1. The fraction of sp³-hybridized carbons (Fsp3) is 0.533. The average Bonchev–Trinajstić information content (AvgIpc) is 2.44. The molecule has 0 radical (unpaired) electrons. The third-order valence-corrected chi connectivity index (χ3v) is 3.54. The average molecular weight is 294 g/mol. The van der Waals surface area contributed by atoms with E-state index in [-0.39, 0.29) is 18.6 Å². The Morgan fingerprint density at radius 1 is 1.43 bits per heavy atom. The van der Waals surface area contributed by atoms with E-state index in [1.54, 1.807) is 30.2 Å². The first kappa shape index (κ1) is 15.6. The molecule has 1 fully saturated rings. The summed E-state index contributed by atoms with van der Waals surface area (Å²) in [4.78, 5) is 14.0. The fourth-order valence-electron chi connectivity index (χ4n) is 2.12. The summed E-state index contributed by atoms with van der Waals surface area (Å²) in [5, 5.41) is 8.73. The van der Waals surface area contributed by atoms with Gasteiger partial charge in [0.15, 0.2) is 0 Å². The second kappa shape index (κ2) is 7.28. The number of methoxy groups -OCH3 is 1. The van der Waals surface area contributed by atoms with Gasteiger partial charge >= 0.3 is 0 Å². The molecule has 1 heterocycles. The maximum absolute atomic E-state index is 12.3. The lowest BCUT2D eigenvalue weighted by atomic mass is 10.1. The van der Waals surface area contributed by atoms with E-state index in [1.165, 1.54) is 0 Å². The van der Waals surface area contributed by atoms with Gasteiger partial charge in [-0.25, -0.2) is 0 Å². The van der Waals surface area contributed by atoms with Gasteiger partial charge in [-0.1, -0.05) is 0 Å². The molecular formula is C15H22N2O4. The van der Waals surface area contributed by atoms with Crippen LogP contribution >= 0.6 is 0 Å². The Morgan fingerprint density at radius 3 is 2.86 bits per heavy atom. The van der Waals surface area contributed by atoms with Crippen LogP contribution in [-0.4, -0.2) is 55.4 Å². The highest BCUT2D eigenvalue weighted by molar-refractivity contribution is 5.95.